The number of alkyl halides is 2. The van der Waals surface area contributed by atoms with Crippen LogP contribution in [0.25, 0.3) is 11.1 Å². The molecule has 3 atom stereocenters. The van der Waals surface area contributed by atoms with E-state index in [2.05, 4.69) is 17.2 Å². The van der Waals surface area contributed by atoms with E-state index < -0.39 is 48.3 Å². The number of alkyl carbamates (subject to hydrolysis) is 1. The standard InChI is InChI=1S/C25H24F2N2O5/c1-2-7-20(22(30)28-12-19-21(23(31)32)25(19,26)27)29-24(33)34-13-18-16-10-5-3-8-14(16)15-9-4-6-11-17(15)18/h2-6,8-11,18-21H,1,7,12-13H2,(H,28,30)(H,29,33)(H,31,32)/t19-,20?,21-/m1/s1. The summed E-state index contributed by atoms with van der Waals surface area (Å²) in [6, 6.07) is 14.6. The highest BCUT2D eigenvalue weighted by atomic mass is 19.3. The van der Waals surface area contributed by atoms with Gasteiger partial charge in [0, 0.05) is 12.5 Å². The summed E-state index contributed by atoms with van der Waals surface area (Å²) in [5.74, 6) is -9.15. The van der Waals surface area contributed by atoms with E-state index in [0.29, 0.717) is 0 Å². The van der Waals surface area contributed by atoms with Crippen LogP contribution in [0.15, 0.2) is 61.2 Å². The molecule has 178 valence electrons. The largest absolute Gasteiger partial charge is 0.481 e. The molecule has 2 aliphatic rings. The molecule has 0 radical (unpaired) electrons. The van der Waals surface area contributed by atoms with Gasteiger partial charge in [-0.3, -0.25) is 9.59 Å². The number of halogens is 2. The third kappa shape index (κ3) is 4.37. The lowest BCUT2D eigenvalue weighted by molar-refractivity contribution is -0.141. The molecule has 1 saturated carbocycles. The van der Waals surface area contributed by atoms with Crippen LogP contribution in [0.5, 0.6) is 0 Å². The zero-order valence-corrected chi connectivity index (χ0v) is 18.2. The third-order valence-corrected chi connectivity index (χ3v) is 6.32. The Morgan fingerprint density at radius 2 is 1.68 bits per heavy atom. The Morgan fingerprint density at radius 1 is 1.09 bits per heavy atom. The number of carbonyl (C=O) groups is 3. The van der Waals surface area contributed by atoms with Crippen molar-refractivity contribution in [2.24, 2.45) is 11.8 Å². The number of carbonyl (C=O) groups excluding carboxylic acids is 2. The van der Waals surface area contributed by atoms with Gasteiger partial charge in [-0.1, -0.05) is 54.6 Å². The highest BCUT2D eigenvalue weighted by molar-refractivity contribution is 5.86. The number of carboxylic acid groups (broad SMARTS) is 1. The number of hydrogen-bond acceptors (Lipinski definition) is 4. The maximum absolute atomic E-state index is 13.5. The highest BCUT2D eigenvalue weighted by Crippen LogP contribution is 2.54. The van der Waals surface area contributed by atoms with Crippen LogP contribution in [0.1, 0.15) is 23.5 Å². The SMILES string of the molecule is C=CCC(NC(=O)OCC1c2ccccc2-c2ccccc21)C(=O)NC[C@@H]1[C@H](C(=O)O)C1(F)F. The number of amides is 2. The van der Waals surface area contributed by atoms with Crippen molar-refractivity contribution >= 4 is 18.0 Å². The molecule has 9 heteroatoms. The molecule has 7 nitrogen and oxygen atoms in total. The molecule has 2 aliphatic carbocycles. The highest BCUT2D eigenvalue weighted by Gasteiger charge is 2.72. The first kappa shape index (κ1) is 23.4. The number of benzene rings is 2. The van der Waals surface area contributed by atoms with Gasteiger partial charge in [0.05, 0.1) is 5.92 Å². The molecule has 2 aromatic carbocycles. The molecule has 34 heavy (non-hydrogen) atoms. The predicted molar refractivity (Wildman–Crippen MR) is 119 cm³/mol. The van der Waals surface area contributed by atoms with Crippen molar-refractivity contribution in [3.8, 4) is 11.1 Å². The Kier molecular flexibility index (Phi) is 6.37. The molecule has 2 amide bonds. The van der Waals surface area contributed by atoms with Crippen molar-refractivity contribution in [2.75, 3.05) is 13.2 Å². The Bertz CT molecular complexity index is 1090. The summed E-state index contributed by atoms with van der Waals surface area (Å²) >= 11 is 0. The summed E-state index contributed by atoms with van der Waals surface area (Å²) in [4.78, 5) is 35.8. The first-order chi connectivity index (χ1) is 16.3. The Balaban J connectivity index is 1.34. The van der Waals surface area contributed by atoms with E-state index in [1.54, 1.807) is 0 Å². The molecule has 0 aliphatic heterocycles. The third-order valence-electron chi connectivity index (χ3n) is 6.32. The lowest BCUT2D eigenvalue weighted by Crippen LogP contribution is -2.47. The Morgan fingerprint density at radius 3 is 2.21 bits per heavy atom. The topological polar surface area (TPSA) is 105 Å². The van der Waals surface area contributed by atoms with Crippen molar-refractivity contribution in [3.63, 3.8) is 0 Å². The van der Waals surface area contributed by atoms with Crippen molar-refractivity contribution in [3.05, 3.63) is 72.3 Å². The van der Waals surface area contributed by atoms with E-state index in [1.807, 2.05) is 48.5 Å². The minimum absolute atomic E-state index is 0.0411. The van der Waals surface area contributed by atoms with E-state index in [4.69, 9.17) is 9.84 Å². The van der Waals surface area contributed by atoms with E-state index in [9.17, 15) is 23.2 Å². The second-order valence-electron chi connectivity index (χ2n) is 8.39. The van der Waals surface area contributed by atoms with Crippen LogP contribution >= 0.6 is 0 Å². The summed E-state index contributed by atoms with van der Waals surface area (Å²) in [7, 11) is 0. The molecule has 1 unspecified atom stereocenters. The molecule has 1 fully saturated rings. The van der Waals surface area contributed by atoms with Gasteiger partial charge < -0.3 is 20.5 Å². The van der Waals surface area contributed by atoms with Crippen LogP contribution < -0.4 is 10.6 Å². The number of nitrogens with one attached hydrogen (secondary N) is 2. The quantitative estimate of drug-likeness (QED) is 0.486. The Labute approximate surface area is 194 Å². The van der Waals surface area contributed by atoms with Crippen molar-refractivity contribution in [1.82, 2.24) is 10.6 Å². The summed E-state index contributed by atoms with van der Waals surface area (Å²) in [5, 5.41) is 13.6. The minimum atomic E-state index is -3.37. The van der Waals surface area contributed by atoms with Crippen LogP contribution in [0.3, 0.4) is 0 Å². The second-order valence-corrected chi connectivity index (χ2v) is 8.39. The molecule has 2 aromatic rings. The summed E-state index contributed by atoms with van der Waals surface area (Å²) < 4.78 is 32.5. The fourth-order valence-corrected chi connectivity index (χ4v) is 4.50. The van der Waals surface area contributed by atoms with E-state index in [1.165, 1.54) is 6.08 Å². The zero-order chi connectivity index (χ0) is 24.5. The van der Waals surface area contributed by atoms with Gasteiger partial charge >= 0.3 is 12.1 Å². The van der Waals surface area contributed by atoms with Crippen LogP contribution in [0, 0.1) is 11.8 Å². The molecule has 0 heterocycles. The monoisotopic (exact) mass is 470 g/mol. The zero-order valence-electron chi connectivity index (χ0n) is 18.2. The summed E-state index contributed by atoms with van der Waals surface area (Å²) in [6.45, 7) is 3.09. The van der Waals surface area contributed by atoms with Gasteiger partial charge in [0.15, 0.2) is 0 Å². The van der Waals surface area contributed by atoms with Crippen LogP contribution in [0.4, 0.5) is 13.6 Å². The van der Waals surface area contributed by atoms with Gasteiger partial charge in [-0.2, -0.15) is 0 Å². The number of hydrogen-bond donors (Lipinski definition) is 3. The van der Waals surface area contributed by atoms with Crippen LogP contribution in [-0.2, 0) is 14.3 Å². The summed E-state index contributed by atoms with van der Waals surface area (Å²) in [5.41, 5.74) is 4.23. The minimum Gasteiger partial charge on any atom is -0.481 e. The van der Waals surface area contributed by atoms with Gasteiger partial charge in [-0.15, -0.1) is 6.58 Å². The lowest BCUT2D eigenvalue weighted by atomic mass is 9.98. The number of ether oxygens (including phenoxy) is 1. The first-order valence-corrected chi connectivity index (χ1v) is 10.9. The van der Waals surface area contributed by atoms with E-state index >= 15 is 0 Å². The van der Waals surface area contributed by atoms with Crippen LogP contribution in [-0.4, -0.2) is 48.2 Å². The maximum Gasteiger partial charge on any atom is 0.407 e. The second kappa shape index (κ2) is 9.24. The fraction of sp³-hybridized carbons (Fsp3) is 0.320. The molecule has 0 saturated heterocycles. The number of rotatable bonds is 9. The first-order valence-electron chi connectivity index (χ1n) is 10.9. The molecular formula is C25H24F2N2O5. The molecular weight excluding hydrogens is 446 g/mol. The Hall–Kier alpha value is -3.75. The molecule has 0 aromatic heterocycles. The number of carboxylic acids is 1. The van der Waals surface area contributed by atoms with Gasteiger partial charge in [-0.05, 0) is 28.7 Å². The fourth-order valence-electron chi connectivity index (χ4n) is 4.50. The van der Waals surface area contributed by atoms with Crippen LogP contribution in [0.2, 0.25) is 0 Å². The van der Waals surface area contributed by atoms with Gasteiger partial charge in [-0.25, -0.2) is 13.6 Å². The molecule has 4 rings (SSSR count). The number of fused-ring (bicyclic) bond motifs is 3. The molecule has 3 N–H and O–H groups in total. The number of aliphatic carboxylic acids is 1. The maximum atomic E-state index is 13.5. The van der Waals surface area contributed by atoms with E-state index in [0.717, 1.165) is 22.3 Å². The normalized spacial score (nSPS) is 20.4. The van der Waals surface area contributed by atoms with Crippen molar-refractivity contribution in [2.45, 2.75) is 24.3 Å². The average Bonchev–Trinajstić information content (AvgIpc) is 3.23. The van der Waals surface area contributed by atoms with Gasteiger partial charge in [0.2, 0.25) is 5.91 Å². The predicted octanol–water partition coefficient (Wildman–Crippen LogP) is 3.55. The van der Waals surface area contributed by atoms with E-state index in [-0.39, 0.29) is 18.9 Å². The molecule has 0 spiro atoms. The summed E-state index contributed by atoms with van der Waals surface area (Å²) in [6.07, 6.45) is 0.614. The molecule has 0 bridgehead atoms. The van der Waals surface area contributed by atoms with Crippen molar-refractivity contribution in [1.29, 1.82) is 0 Å². The smallest absolute Gasteiger partial charge is 0.407 e. The average molecular weight is 470 g/mol. The van der Waals surface area contributed by atoms with Gasteiger partial charge in [0.25, 0.3) is 5.92 Å². The van der Waals surface area contributed by atoms with Gasteiger partial charge in [0.1, 0.15) is 18.6 Å². The lowest BCUT2D eigenvalue weighted by Gasteiger charge is -2.19. The van der Waals surface area contributed by atoms with Crippen molar-refractivity contribution < 1.29 is 33.0 Å².